The summed E-state index contributed by atoms with van der Waals surface area (Å²) in [6.45, 7) is 4.04. The number of benzene rings is 2. The van der Waals surface area contributed by atoms with Crippen molar-refractivity contribution in [3.8, 4) is 0 Å². The van der Waals surface area contributed by atoms with Crippen LogP contribution in [0.3, 0.4) is 0 Å². The van der Waals surface area contributed by atoms with Gasteiger partial charge in [0.2, 0.25) is 5.91 Å². The van der Waals surface area contributed by atoms with E-state index in [9.17, 15) is 4.79 Å². The van der Waals surface area contributed by atoms with Gasteiger partial charge in [-0.15, -0.1) is 0 Å². The number of carbonyl (C=O) groups is 1. The number of hydrogen-bond donors (Lipinski definition) is 2. The zero-order valence-electron chi connectivity index (χ0n) is 14.5. The minimum atomic E-state index is -0.0528. The Balaban J connectivity index is 1.57. The van der Waals surface area contributed by atoms with Crippen LogP contribution in [-0.4, -0.2) is 26.6 Å². The maximum atomic E-state index is 12.3. The number of aryl methyl sites for hydroxylation is 2. The van der Waals surface area contributed by atoms with Gasteiger partial charge in [-0.25, -0.2) is 9.97 Å². The smallest absolute Gasteiger partial charge is 0.234 e. The van der Waals surface area contributed by atoms with E-state index in [4.69, 9.17) is 0 Å². The van der Waals surface area contributed by atoms with Crippen LogP contribution in [0.15, 0.2) is 53.8 Å². The van der Waals surface area contributed by atoms with E-state index in [0.29, 0.717) is 0 Å². The molecular weight excluding hydrogens is 344 g/mol. The fourth-order valence-corrected chi connectivity index (χ4v) is 3.68. The highest BCUT2D eigenvalue weighted by atomic mass is 32.2. The summed E-state index contributed by atoms with van der Waals surface area (Å²) in [4.78, 5) is 24.5. The molecule has 0 aliphatic carbocycles. The van der Waals surface area contributed by atoms with Crippen molar-refractivity contribution in [3.63, 3.8) is 0 Å². The van der Waals surface area contributed by atoms with Crippen LogP contribution >= 0.6 is 11.8 Å². The normalized spacial score (nSPS) is 11.2. The number of para-hydroxylation sites is 1. The molecule has 0 bridgehead atoms. The summed E-state index contributed by atoms with van der Waals surface area (Å²) in [6.07, 6.45) is 1.56. The van der Waals surface area contributed by atoms with Gasteiger partial charge in [0.15, 0.2) is 0 Å². The predicted molar refractivity (Wildman–Crippen MR) is 107 cm³/mol. The molecule has 1 amide bonds. The second kappa shape index (κ2) is 6.80. The standard InChI is InChI=1S/C20H18N4OS/c1-12-7-8-16-14(9-12)18-19(24-16)20(22-11-21-18)26-10-17(25)23-15-6-4-3-5-13(15)2/h3-9,11,24H,10H2,1-2H3,(H,23,25). The third kappa shape index (κ3) is 3.15. The third-order valence-electron chi connectivity index (χ3n) is 4.26. The summed E-state index contributed by atoms with van der Waals surface area (Å²) in [5, 5.41) is 4.81. The average molecular weight is 362 g/mol. The largest absolute Gasteiger partial charge is 0.351 e. The number of carbonyl (C=O) groups excluding carboxylic acids is 1. The molecule has 4 aromatic rings. The van der Waals surface area contributed by atoms with Crippen molar-refractivity contribution >= 4 is 45.3 Å². The van der Waals surface area contributed by atoms with Crippen LogP contribution in [0.5, 0.6) is 0 Å². The molecular formula is C20H18N4OS. The number of H-pyrrole nitrogens is 1. The van der Waals surface area contributed by atoms with E-state index in [-0.39, 0.29) is 11.7 Å². The lowest BCUT2D eigenvalue weighted by atomic mass is 10.2. The predicted octanol–water partition coefficient (Wildman–Crippen LogP) is 4.46. The molecule has 0 saturated heterocycles. The van der Waals surface area contributed by atoms with Crippen LogP contribution in [0.25, 0.3) is 21.9 Å². The molecule has 2 N–H and O–H groups in total. The third-order valence-corrected chi connectivity index (χ3v) is 5.25. The maximum Gasteiger partial charge on any atom is 0.234 e. The first-order valence-corrected chi connectivity index (χ1v) is 9.32. The lowest BCUT2D eigenvalue weighted by molar-refractivity contribution is -0.113. The Morgan fingerprint density at radius 3 is 2.85 bits per heavy atom. The Kier molecular flexibility index (Phi) is 4.34. The first-order valence-electron chi connectivity index (χ1n) is 8.33. The van der Waals surface area contributed by atoms with E-state index in [1.807, 2.05) is 37.3 Å². The van der Waals surface area contributed by atoms with E-state index in [1.165, 1.54) is 17.3 Å². The summed E-state index contributed by atoms with van der Waals surface area (Å²) < 4.78 is 0. The molecule has 26 heavy (non-hydrogen) atoms. The molecule has 6 heteroatoms. The van der Waals surface area contributed by atoms with Gasteiger partial charge in [-0.3, -0.25) is 4.79 Å². The SMILES string of the molecule is Cc1ccc2[nH]c3c(SCC(=O)Nc4ccccc4C)ncnc3c2c1. The number of hydrogen-bond acceptors (Lipinski definition) is 4. The van der Waals surface area contributed by atoms with Crippen LogP contribution in [0.4, 0.5) is 5.69 Å². The number of amides is 1. The average Bonchev–Trinajstić information content (AvgIpc) is 3.00. The van der Waals surface area contributed by atoms with Gasteiger partial charge in [0.1, 0.15) is 16.9 Å². The number of aromatic nitrogens is 3. The highest BCUT2D eigenvalue weighted by molar-refractivity contribution is 8.00. The summed E-state index contributed by atoms with van der Waals surface area (Å²) in [5.41, 5.74) is 5.86. The van der Waals surface area contributed by atoms with Crippen molar-refractivity contribution in [1.29, 1.82) is 0 Å². The second-order valence-corrected chi connectivity index (χ2v) is 7.19. The van der Waals surface area contributed by atoms with Crippen LogP contribution in [0.1, 0.15) is 11.1 Å². The molecule has 0 unspecified atom stereocenters. The van der Waals surface area contributed by atoms with Crippen LogP contribution in [-0.2, 0) is 4.79 Å². The number of aromatic amines is 1. The summed E-state index contributed by atoms with van der Waals surface area (Å²) in [6, 6.07) is 14.0. The van der Waals surface area contributed by atoms with Gasteiger partial charge in [-0.1, -0.05) is 41.6 Å². The molecule has 0 saturated carbocycles. The van der Waals surface area contributed by atoms with Crippen molar-refractivity contribution in [1.82, 2.24) is 15.0 Å². The van der Waals surface area contributed by atoms with Gasteiger partial charge >= 0.3 is 0 Å². The van der Waals surface area contributed by atoms with Crippen molar-refractivity contribution < 1.29 is 4.79 Å². The van der Waals surface area contributed by atoms with Crippen molar-refractivity contribution in [2.24, 2.45) is 0 Å². The lowest BCUT2D eigenvalue weighted by Gasteiger charge is -2.07. The summed E-state index contributed by atoms with van der Waals surface area (Å²) in [7, 11) is 0. The number of anilines is 1. The fourth-order valence-electron chi connectivity index (χ4n) is 2.93. The van der Waals surface area contributed by atoms with Gasteiger partial charge < -0.3 is 10.3 Å². The summed E-state index contributed by atoms with van der Waals surface area (Å²) >= 11 is 1.41. The van der Waals surface area contributed by atoms with E-state index in [0.717, 1.165) is 38.2 Å². The Labute approximate surface area is 155 Å². The van der Waals surface area contributed by atoms with Crippen molar-refractivity contribution in [2.75, 3.05) is 11.1 Å². The zero-order valence-corrected chi connectivity index (χ0v) is 15.4. The van der Waals surface area contributed by atoms with Gasteiger partial charge in [-0.05, 0) is 37.6 Å². The number of rotatable bonds is 4. The maximum absolute atomic E-state index is 12.3. The number of nitrogens with one attached hydrogen (secondary N) is 2. The lowest BCUT2D eigenvalue weighted by Crippen LogP contribution is -2.14. The summed E-state index contributed by atoms with van der Waals surface area (Å²) in [5.74, 6) is 0.234. The quantitative estimate of drug-likeness (QED) is 0.415. The van der Waals surface area contributed by atoms with Gasteiger partial charge in [-0.2, -0.15) is 0 Å². The minimum absolute atomic E-state index is 0.0528. The van der Waals surface area contributed by atoms with Gasteiger partial charge in [0, 0.05) is 16.6 Å². The molecule has 5 nitrogen and oxygen atoms in total. The molecule has 0 spiro atoms. The molecule has 0 radical (unpaired) electrons. The Morgan fingerprint density at radius 2 is 2.00 bits per heavy atom. The van der Waals surface area contributed by atoms with E-state index >= 15 is 0 Å². The first-order chi connectivity index (χ1) is 12.6. The van der Waals surface area contributed by atoms with E-state index < -0.39 is 0 Å². The highest BCUT2D eigenvalue weighted by Crippen LogP contribution is 2.30. The zero-order chi connectivity index (χ0) is 18.1. The molecule has 0 atom stereocenters. The molecule has 2 heterocycles. The van der Waals surface area contributed by atoms with Crippen LogP contribution in [0.2, 0.25) is 0 Å². The first kappa shape index (κ1) is 16.6. The second-order valence-electron chi connectivity index (χ2n) is 6.23. The fraction of sp³-hybridized carbons (Fsp3) is 0.150. The monoisotopic (exact) mass is 362 g/mol. The highest BCUT2D eigenvalue weighted by Gasteiger charge is 2.13. The van der Waals surface area contributed by atoms with E-state index in [1.54, 1.807) is 6.33 Å². The molecule has 0 aliphatic rings. The number of fused-ring (bicyclic) bond motifs is 3. The van der Waals surface area contributed by atoms with Crippen molar-refractivity contribution in [3.05, 3.63) is 59.9 Å². The van der Waals surface area contributed by atoms with E-state index in [2.05, 4.69) is 39.3 Å². The Hall–Kier alpha value is -2.86. The number of thioether (sulfide) groups is 1. The van der Waals surface area contributed by atoms with Crippen molar-refractivity contribution in [2.45, 2.75) is 18.9 Å². The van der Waals surface area contributed by atoms with Crippen LogP contribution < -0.4 is 5.32 Å². The van der Waals surface area contributed by atoms with Gasteiger partial charge in [0.25, 0.3) is 0 Å². The minimum Gasteiger partial charge on any atom is -0.351 e. The Morgan fingerprint density at radius 1 is 1.15 bits per heavy atom. The van der Waals surface area contributed by atoms with Gasteiger partial charge in [0.05, 0.1) is 11.3 Å². The molecule has 2 aromatic carbocycles. The Bertz CT molecular complexity index is 1120. The molecule has 2 aromatic heterocycles. The topological polar surface area (TPSA) is 70.7 Å². The molecule has 4 rings (SSSR count). The molecule has 130 valence electrons. The number of nitrogens with zero attached hydrogens (tertiary/aromatic N) is 2. The molecule has 0 aliphatic heterocycles. The molecule has 0 fully saturated rings. The van der Waals surface area contributed by atoms with Crippen LogP contribution in [0, 0.1) is 13.8 Å².